The maximum absolute atomic E-state index is 5.19. The van der Waals surface area contributed by atoms with E-state index in [9.17, 15) is 0 Å². The molecule has 2 heterocycles. The Morgan fingerprint density at radius 2 is 2.50 bits per heavy atom. The van der Waals surface area contributed by atoms with Gasteiger partial charge in [-0.15, -0.1) is 0 Å². The number of hydrogen-bond acceptors (Lipinski definition) is 4. The molecule has 4 nitrogen and oxygen atoms in total. The van der Waals surface area contributed by atoms with E-state index in [0.29, 0.717) is 12.5 Å². The molecular formula is C8H7NO3. The molecule has 0 aliphatic heterocycles. The maximum atomic E-state index is 5.19. The summed E-state index contributed by atoms with van der Waals surface area (Å²) >= 11 is 0. The van der Waals surface area contributed by atoms with Crippen molar-refractivity contribution in [2.45, 2.75) is 6.61 Å². The van der Waals surface area contributed by atoms with Crippen molar-refractivity contribution < 1.29 is 13.6 Å². The molecule has 0 saturated carbocycles. The second-order valence-electron chi connectivity index (χ2n) is 2.19. The molecule has 0 atom stereocenters. The van der Waals surface area contributed by atoms with Crippen LogP contribution in [0.1, 0.15) is 5.76 Å². The molecule has 0 spiro atoms. The number of rotatable bonds is 3. The summed E-state index contributed by atoms with van der Waals surface area (Å²) in [6.07, 6.45) is 4.35. The van der Waals surface area contributed by atoms with Crippen molar-refractivity contribution in [2.24, 2.45) is 0 Å². The van der Waals surface area contributed by atoms with Crippen molar-refractivity contribution in [3.8, 4) is 5.88 Å². The van der Waals surface area contributed by atoms with Crippen LogP contribution >= 0.6 is 0 Å². The summed E-state index contributed by atoms with van der Waals surface area (Å²) in [5, 5.41) is 0. The molecule has 0 bridgehead atoms. The van der Waals surface area contributed by atoms with Crippen molar-refractivity contribution in [1.29, 1.82) is 0 Å². The van der Waals surface area contributed by atoms with Gasteiger partial charge in [0.05, 0.1) is 6.26 Å². The summed E-state index contributed by atoms with van der Waals surface area (Å²) in [6.45, 7) is 0.375. The number of aromatic nitrogens is 1. The second-order valence-corrected chi connectivity index (χ2v) is 2.19. The van der Waals surface area contributed by atoms with E-state index in [1.807, 2.05) is 12.1 Å². The third kappa shape index (κ3) is 1.47. The zero-order valence-corrected chi connectivity index (χ0v) is 6.27. The average Bonchev–Trinajstić information content (AvgIpc) is 2.74. The summed E-state index contributed by atoms with van der Waals surface area (Å²) < 4.78 is 15.0. The first kappa shape index (κ1) is 6.97. The van der Waals surface area contributed by atoms with Crippen molar-refractivity contribution in [3.05, 3.63) is 36.8 Å². The van der Waals surface area contributed by atoms with E-state index in [4.69, 9.17) is 13.6 Å². The van der Waals surface area contributed by atoms with Gasteiger partial charge in [0.15, 0.2) is 12.7 Å². The molecular weight excluding hydrogens is 158 g/mol. The minimum atomic E-state index is 0.375. The molecule has 0 fully saturated rings. The van der Waals surface area contributed by atoms with Crippen LogP contribution < -0.4 is 4.74 Å². The molecule has 0 saturated heterocycles. The standard InChI is InChI=1S/C8H7NO3/c1-2-7(11-3-1)4-12-8-5-10-6-9-8/h1-3,5-6H,4H2. The van der Waals surface area contributed by atoms with Gasteiger partial charge in [-0.05, 0) is 12.1 Å². The van der Waals surface area contributed by atoms with Crippen LogP contribution in [0.25, 0.3) is 0 Å². The Bertz CT molecular complexity index is 278. The second kappa shape index (κ2) is 3.13. The lowest BCUT2D eigenvalue weighted by atomic mass is 10.5. The molecule has 2 aromatic rings. The molecule has 0 radical (unpaired) electrons. The van der Waals surface area contributed by atoms with Crippen molar-refractivity contribution >= 4 is 0 Å². The first-order valence-electron chi connectivity index (χ1n) is 3.48. The fraction of sp³-hybridized carbons (Fsp3) is 0.125. The van der Waals surface area contributed by atoms with Gasteiger partial charge < -0.3 is 13.6 Å². The van der Waals surface area contributed by atoms with E-state index in [-0.39, 0.29) is 0 Å². The lowest BCUT2D eigenvalue weighted by molar-refractivity contribution is 0.260. The van der Waals surface area contributed by atoms with Gasteiger partial charge in [0.25, 0.3) is 5.88 Å². The molecule has 2 aromatic heterocycles. The van der Waals surface area contributed by atoms with Crippen molar-refractivity contribution in [2.75, 3.05) is 0 Å². The Morgan fingerprint density at radius 1 is 1.50 bits per heavy atom. The average molecular weight is 165 g/mol. The maximum Gasteiger partial charge on any atom is 0.253 e. The Morgan fingerprint density at radius 3 is 3.17 bits per heavy atom. The number of hydrogen-bond donors (Lipinski definition) is 0. The van der Waals surface area contributed by atoms with Gasteiger partial charge >= 0.3 is 0 Å². The predicted molar refractivity (Wildman–Crippen MR) is 39.5 cm³/mol. The lowest BCUT2D eigenvalue weighted by Gasteiger charge is -1.96. The molecule has 0 amide bonds. The number of nitrogens with zero attached hydrogens (tertiary/aromatic N) is 1. The van der Waals surface area contributed by atoms with E-state index < -0.39 is 0 Å². The van der Waals surface area contributed by atoms with E-state index in [1.165, 1.54) is 12.7 Å². The van der Waals surface area contributed by atoms with Crippen LogP contribution in [0.15, 0.2) is 39.9 Å². The highest BCUT2D eigenvalue weighted by atomic mass is 16.5. The van der Waals surface area contributed by atoms with Crippen molar-refractivity contribution in [3.63, 3.8) is 0 Å². The largest absolute Gasteiger partial charge is 0.467 e. The van der Waals surface area contributed by atoms with Gasteiger partial charge in [0, 0.05) is 0 Å². The minimum absolute atomic E-state index is 0.375. The quantitative estimate of drug-likeness (QED) is 0.696. The van der Waals surface area contributed by atoms with Crippen LogP contribution in [0.3, 0.4) is 0 Å². The number of furan rings is 1. The Kier molecular flexibility index (Phi) is 1.82. The highest BCUT2D eigenvalue weighted by molar-refractivity contribution is 5.01. The third-order valence-electron chi connectivity index (χ3n) is 1.35. The molecule has 62 valence electrons. The lowest BCUT2D eigenvalue weighted by Crippen LogP contribution is -1.92. The Hall–Kier alpha value is -1.71. The van der Waals surface area contributed by atoms with Gasteiger partial charge in [-0.2, -0.15) is 4.98 Å². The summed E-state index contributed by atoms with van der Waals surface area (Å²) in [5.74, 6) is 1.23. The highest BCUT2D eigenvalue weighted by Gasteiger charge is 1.98. The molecule has 0 N–H and O–H groups in total. The fourth-order valence-electron chi connectivity index (χ4n) is 0.813. The molecule has 2 rings (SSSR count). The van der Waals surface area contributed by atoms with Crippen LogP contribution in [0.5, 0.6) is 5.88 Å². The van der Waals surface area contributed by atoms with E-state index in [0.717, 1.165) is 5.76 Å². The first-order chi connectivity index (χ1) is 5.95. The van der Waals surface area contributed by atoms with Crippen molar-refractivity contribution in [1.82, 2.24) is 4.98 Å². The van der Waals surface area contributed by atoms with E-state index in [1.54, 1.807) is 6.26 Å². The van der Waals surface area contributed by atoms with E-state index >= 15 is 0 Å². The minimum Gasteiger partial charge on any atom is -0.467 e. The van der Waals surface area contributed by atoms with Crippen LogP contribution in [0.2, 0.25) is 0 Å². The van der Waals surface area contributed by atoms with Gasteiger partial charge in [-0.3, -0.25) is 0 Å². The molecule has 12 heavy (non-hydrogen) atoms. The number of oxazole rings is 1. The molecule has 0 aliphatic rings. The zero-order chi connectivity index (χ0) is 8.23. The summed E-state index contributed by atoms with van der Waals surface area (Å²) in [6, 6.07) is 3.64. The smallest absolute Gasteiger partial charge is 0.253 e. The van der Waals surface area contributed by atoms with Gasteiger partial charge in [-0.25, -0.2) is 0 Å². The molecule has 0 unspecified atom stereocenters. The number of ether oxygens (including phenoxy) is 1. The predicted octanol–water partition coefficient (Wildman–Crippen LogP) is 1.85. The Balaban J connectivity index is 1.91. The summed E-state index contributed by atoms with van der Waals surface area (Å²) in [7, 11) is 0. The van der Waals surface area contributed by atoms with Crippen LogP contribution in [-0.4, -0.2) is 4.98 Å². The van der Waals surface area contributed by atoms with Gasteiger partial charge in [-0.1, -0.05) is 0 Å². The zero-order valence-electron chi connectivity index (χ0n) is 6.27. The third-order valence-corrected chi connectivity index (χ3v) is 1.35. The van der Waals surface area contributed by atoms with Crippen LogP contribution in [0.4, 0.5) is 0 Å². The topological polar surface area (TPSA) is 48.4 Å². The van der Waals surface area contributed by atoms with Gasteiger partial charge in [0.2, 0.25) is 0 Å². The summed E-state index contributed by atoms with van der Waals surface area (Å²) in [4.78, 5) is 3.79. The molecule has 0 aromatic carbocycles. The molecule has 0 aliphatic carbocycles. The highest BCUT2D eigenvalue weighted by Crippen LogP contribution is 2.08. The Labute approximate surface area is 68.8 Å². The first-order valence-corrected chi connectivity index (χ1v) is 3.48. The van der Waals surface area contributed by atoms with E-state index in [2.05, 4.69) is 4.98 Å². The SMILES string of the molecule is c1coc(COc2cocn2)c1. The summed E-state index contributed by atoms with van der Waals surface area (Å²) in [5.41, 5.74) is 0. The van der Waals surface area contributed by atoms with Crippen LogP contribution in [0, 0.1) is 0 Å². The fourth-order valence-corrected chi connectivity index (χ4v) is 0.813. The normalized spacial score (nSPS) is 10.0. The monoisotopic (exact) mass is 165 g/mol. The van der Waals surface area contributed by atoms with Gasteiger partial charge in [0.1, 0.15) is 12.4 Å². The van der Waals surface area contributed by atoms with Crippen LogP contribution in [-0.2, 0) is 6.61 Å². The molecule has 4 heteroatoms.